The highest BCUT2D eigenvalue weighted by atomic mass is 16.5. The van der Waals surface area contributed by atoms with Crippen LogP contribution in [0.2, 0.25) is 0 Å². The van der Waals surface area contributed by atoms with E-state index in [0.29, 0.717) is 19.1 Å². The van der Waals surface area contributed by atoms with Gasteiger partial charge in [0.1, 0.15) is 0 Å². The van der Waals surface area contributed by atoms with E-state index >= 15 is 0 Å². The molecule has 2 heterocycles. The molecule has 3 fully saturated rings. The molecule has 3 rings (SSSR count). The predicted molar refractivity (Wildman–Crippen MR) is 72.9 cm³/mol. The van der Waals surface area contributed by atoms with Gasteiger partial charge in [0.05, 0.1) is 18.3 Å². The normalized spacial score (nSPS) is 44.8. The van der Waals surface area contributed by atoms with Crippen molar-refractivity contribution in [1.29, 1.82) is 0 Å². The smallest absolute Gasteiger partial charge is 0.0700 e. The second kappa shape index (κ2) is 5.68. The molecule has 2 saturated heterocycles. The maximum absolute atomic E-state index is 10.7. The molecule has 0 radical (unpaired) electrons. The SMILES string of the molecule is OC1CCOCC1CN1CCC2(O)CCCCC2C1. The molecule has 1 aliphatic carbocycles. The first kappa shape index (κ1) is 13.8. The van der Waals surface area contributed by atoms with Crippen molar-refractivity contribution in [2.24, 2.45) is 11.8 Å². The minimum atomic E-state index is -0.392. The van der Waals surface area contributed by atoms with E-state index < -0.39 is 5.60 Å². The average molecular weight is 269 g/mol. The standard InChI is InChI=1S/C15H27NO3/c17-14-4-8-19-11-12(14)9-16-7-6-15(18)5-2-1-3-13(15)10-16/h12-14,17-18H,1-11H2. The van der Waals surface area contributed by atoms with E-state index in [4.69, 9.17) is 4.74 Å². The molecule has 4 nitrogen and oxygen atoms in total. The van der Waals surface area contributed by atoms with E-state index in [1.807, 2.05) is 0 Å². The Bertz CT molecular complexity index is 310. The minimum Gasteiger partial charge on any atom is -0.393 e. The third-order valence-corrected chi connectivity index (χ3v) is 5.44. The molecule has 4 unspecified atom stereocenters. The van der Waals surface area contributed by atoms with Crippen LogP contribution in [0.15, 0.2) is 0 Å². The van der Waals surface area contributed by atoms with Crippen LogP contribution in [-0.4, -0.2) is 59.7 Å². The van der Waals surface area contributed by atoms with Gasteiger partial charge in [-0.3, -0.25) is 0 Å². The van der Waals surface area contributed by atoms with Crippen LogP contribution >= 0.6 is 0 Å². The Balaban J connectivity index is 1.55. The van der Waals surface area contributed by atoms with Crippen molar-refractivity contribution >= 4 is 0 Å². The van der Waals surface area contributed by atoms with Gasteiger partial charge in [-0.05, 0) is 25.7 Å². The van der Waals surface area contributed by atoms with Crippen LogP contribution < -0.4 is 0 Å². The molecule has 0 aromatic carbocycles. The van der Waals surface area contributed by atoms with Crippen LogP contribution in [-0.2, 0) is 4.74 Å². The number of ether oxygens (including phenoxy) is 1. The third kappa shape index (κ3) is 2.97. The van der Waals surface area contributed by atoms with Crippen LogP contribution in [0.3, 0.4) is 0 Å². The Morgan fingerprint density at radius 1 is 1.21 bits per heavy atom. The van der Waals surface area contributed by atoms with E-state index in [2.05, 4.69) is 4.90 Å². The summed E-state index contributed by atoms with van der Waals surface area (Å²) in [6, 6.07) is 0. The summed E-state index contributed by atoms with van der Waals surface area (Å²) in [7, 11) is 0. The molecule has 2 aliphatic heterocycles. The summed E-state index contributed by atoms with van der Waals surface area (Å²) in [5.74, 6) is 0.695. The Morgan fingerprint density at radius 2 is 2.11 bits per heavy atom. The molecule has 3 aliphatic rings. The fourth-order valence-electron chi connectivity index (χ4n) is 4.10. The highest BCUT2D eigenvalue weighted by Crippen LogP contribution is 2.40. The quantitative estimate of drug-likeness (QED) is 0.785. The second-order valence-electron chi connectivity index (χ2n) is 6.75. The highest BCUT2D eigenvalue weighted by molar-refractivity contribution is 4.96. The van der Waals surface area contributed by atoms with E-state index in [-0.39, 0.29) is 12.0 Å². The zero-order valence-electron chi connectivity index (χ0n) is 11.8. The van der Waals surface area contributed by atoms with Crippen molar-refractivity contribution in [2.75, 3.05) is 32.8 Å². The van der Waals surface area contributed by atoms with Crippen LogP contribution in [0.25, 0.3) is 0 Å². The molecule has 4 atom stereocenters. The zero-order valence-corrected chi connectivity index (χ0v) is 11.8. The van der Waals surface area contributed by atoms with Crippen molar-refractivity contribution in [3.05, 3.63) is 0 Å². The molecule has 110 valence electrons. The molecule has 0 amide bonds. The Morgan fingerprint density at radius 3 is 2.95 bits per heavy atom. The fourth-order valence-corrected chi connectivity index (χ4v) is 4.10. The first-order valence-electron chi connectivity index (χ1n) is 7.88. The molecule has 2 N–H and O–H groups in total. The molecule has 0 bridgehead atoms. The lowest BCUT2D eigenvalue weighted by molar-refractivity contribution is -0.107. The Kier molecular flexibility index (Phi) is 4.13. The van der Waals surface area contributed by atoms with Gasteiger partial charge in [0.25, 0.3) is 0 Å². The first-order valence-corrected chi connectivity index (χ1v) is 7.88. The summed E-state index contributed by atoms with van der Waals surface area (Å²) in [4.78, 5) is 2.44. The number of fused-ring (bicyclic) bond motifs is 1. The number of rotatable bonds is 2. The van der Waals surface area contributed by atoms with Crippen LogP contribution in [0.1, 0.15) is 38.5 Å². The molecule has 1 saturated carbocycles. The summed E-state index contributed by atoms with van der Waals surface area (Å²) in [6.45, 7) is 4.27. The highest BCUT2D eigenvalue weighted by Gasteiger charge is 2.43. The van der Waals surface area contributed by atoms with Crippen LogP contribution in [0, 0.1) is 11.8 Å². The van der Waals surface area contributed by atoms with Gasteiger partial charge in [-0.25, -0.2) is 0 Å². The second-order valence-corrected chi connectivity index (χ2v) is 6.75. The Labute approximate surface area is 115 Å². The Hall–Kier alpha value is -0.160. The molecule has 0 aromatic heterocycles. The number of aliphatic hydroxyl groups excluding tert-OH is 1. The lowest BCUT2D eigenvalue weighted by Crippen LogP contribution is -2.55. The molecular weight excluding hydrogens is 242 g/mol. The number of piperidine rings is 1. The average Bonchev–Trinajstić information content (AvgIpc) is 2.41. The van der Waals surface area contributed by atoms with Crippen molar-refractivity contribution in [2.45, 2.75) is 50.2 Å². The van der Waals surface area contributed by atoms with E-state index in [1.54, 1.807) is 0 Å². The molecule has 0 spiro atoms. The monoisotopic (exact) mass is 269 g/mol. The maximum atomic E-state index is 10.7. The minimum absolute atomic E-state index is 0.207. The van der Waals surface area contributed by atoms with Gasteiger partial charge in [0, 0.05) is 38.1 Å². The first-order chi connectivity index (χ1) is 9.17. The molecule has 19 heavy (non-hydrogen) atoms. The van der Waals surface area contributed by atoms with Crippen molar-refractivity contribution < 1.29 is 14.9 Å². The molecular formula is C15H27NO3. The van der Waals surface area contributed by atoms with Crippen molar-refractivity contribution in [3.63, 3.8) is 0 Å². The maximum Gasteiger partial charge on any atom is 0.0700 e. The van der Waals surface area contributed by atoms with E-state index in [9.17, 15) is 10.2 Å². The van der Waals surface area contributed by atoms with Crippen LogP contribution in [0.4, 0.5) is 0 Å². The van der Waals surface area contributed by atoms with Gasteiger partial charge in [0.2, 0.25) is 0 Å². The lowest BCUT2D eigenvalue weighted by atomic mass is 9.71. The fraction of sp³-hybridized carbons (Fsp3) is 1.00. The van der Waals surface area contributed by atoms with Gasteiger partial charge in [-0.1, -0.05) is 12.8 Å². The van der Waals surface area contributed by atoms with Crippen molar-refractivity contribution in [1.82, 2.24) is 4.90 Å². The topological polar surface area (TPSA) is 52.9 Å². The zero-order chi connectivity index (χ0) is 13.3. The summed E-state index contributed by atoms with van der Waals surface area (Å²) in [6.07, 6.45) is 6.06. The van der Waals surface area contributed by atoms with Crippen molar-refractivity contribution in [3.8, 4) is 0 Å². The molecule has 0 aromatic rings. The number of nitrogens with zero attached hydrogens (tertiary/aromatic N) is 1. The van der Waals surface area contributed by atoms with Gasteiger partial charge in [-0.2, -0.15) is 0 Å². The largest absolute Gasteiger partial charge is 0.393 e. The lowest BCUT2D eigenvalue weighted by Gasteiger charge is -2.48. The summed E-state index contributed by atoms with van der Waals surface area (Å²) < 4.78 is 5.48. The number of hydrogen-bond acceptors (Lipinski definition) is 4. The van der Waals surface area contributed by atoms with Gasteiger partial charge in [0.15, 0.2) is 0 Å². The summed E-state index contributed by atoms with van der Waals surface area (Å²) in [5.41, 5.74) is -0.392. The van der Waals surface area contributed by atoms with E-state index in [1.165, 1.54) is 12.8 Å². The van der Waals surface area contributed by atoms with Crippen LogP contribution in [0.5, 0.6) is 0 Å². The van der Waals surface area contributed by atoms with Gasteiger partial charge >= 0.3 is 0 Å². The predicted octanol–water partition coefficient (Wildman–Crippen LogP) is 1.01. The third-order valence-electron chi connectivity index (χ3n) is 5.44. The summed E-state index contributed by atoms with van der Waals surface area (Å²) in [5, 5.41) is 20.7. The van der Waals surface area contributed by atoms with Gasteiger partial charge < -0.3 is 19.8 Å². The number of likely N-dealkylation sites (tertiary alicyclic amines) is 1. The number of hydrogen-bond donors (Lipinski definition) is 2. The molecule has 4 heteroatoms. The van der Waals surface area contributed by atoms with Gasteiger partial charge in [-0.15, -0.1) is 0 Å². The van der Waals surface area contributed by atoms with E-state index in [0.717, 1.165) is 45.3 Å². The number of aliphatic hydroxyl groups is 2. The summed E-state index contributed by atoms with van der Waals surface area (Å²) >= 11 is 0.